The number of halogens is 3. The van der Waals surface area contributed by atoms with Crippen molar-refractivity contribution in [1.29, 1.82) is 0 Å². The Morgan fingerprint density at radius 1 is 0.973 bits per heavy atom. The number of nitrogens with two attached hydrogens (primary N) is 1. The molecule has 2 aromatic heterocycles. The van der Waals surface area contributed by atoms with Crippen LogP contribution in [0.1, 0.15) is 21.5 Å². The molecule has 4 aromatic rings. The number of anilines is 1. The molecule has 0 saturated carbocycles. The Hall–Kier alpha value is -4.31. The lowest BCUT2D eigenvalue weighted by molar-refractivity contribution is -0.0429. The lowest BCUT2D eigenvalue weighted by Crippen LogP contribution is -2.29. The molecule has 0 unspecified atom stereocenters. The second kappa shape index (κ2) is 11.6. The van der Waals surface area contributed by atoms with E-state index in [0.29, 0.717) is 33.3 Å². The minimum atomic E-state index is -5.48. The first-order chi connectivity index (χ1) is 17.6. The molecular weight excluding hydrogens is 507 g/mol. The van der Waals surface area contributed by atoms with Crippen LogP contribution in [0.2, 0.25) is 0 Å². The van der Waals surface area contributed by atoms with Gasteiger partial charge in [0.15, 0.2) is 6.29 Å². The molecule has 4 rings (SSSR count). The van der Waals surface area contributed by atoms with E-state index in [4.69, 9.17) is 0 Å². The van der Waals surface area contributed by atoms with Gasteiger partial charge in [-0.1, -0.05) is 24.0 Å². The zero-order valence-corrected chi connectivity index (χ0v) is 20.1. The van der Waals surface area contributed by atoms with E-state index in [1.807, 2.05) is 12.1 Å². The van der Waals surface area contributed by atoms with Crippen LogP contribution < -0.4 is 16.0 Å². The van der Waals surface area contributed by atoms with Crippen molar-refractivity contribution in [1.82, 2.24) is 15.4 Å². The van der Waals surface area contributed by atoms with Crippen molar-refractivity contribution in [3.63, 3.8) is 0 Å². The zero-order chi connectivity index (χ0) is 27.1. The normalized spacial score (nSPS) is 11.1. The van der Waals surface area contributed by atoms with E-state index in [0.717, 1.165) is 11.8 Å². The Morgan fingerprint density at radius 2 is 1.54 bits per heavy atom. The SMILES string of the molecule is CNN.O=Cc1cc(-c2ccc(C#Cc3ccc(NS(=O)(=O)C(F)(F)F)cc3)cc2)nc2ccncc12. The highest BCUT2D eigenvalue weighted by molar-refractivity contribution is 7.93. The van der Waals surface area contributed by atoms with E-state index in [2.05, 4.69) is 33.1 Å². The maximum absolute atomic E-state index is 12.5. The third-order valence-electron chi connectivity index (χ3n) is 4.74. The molecule has 0 aliphatic carbocycles. The van der Waals surface area contributed by atoms with Crippen molar-refractivity contribution in [3.8, 4) is 23.1 Å². The molecule has 0 bridgehead atoms. The number of alkyl halides is 3. The number of benzene rings is 2. The van der Waals surface area contributed by atoms with E-state index in [1.165, 1.54) is 29.0 Å². The van der Waals surface area contributed by atoms with Crippen LogP contribution in [-0.2, 0) is 10.0 Å². The molecule has 0 aliphatic heterocycles. The number of nitrogens with zero attached hydrogens (tertiary/aromatic N) is 2. The Bertz CT molecular complexity index is 1560. The molecule has 0 radical (unpaired) electrons. The number of pyridine rings is 2. The number of aromatic nitrogens is 2. The van der Waals surface area contributed by atoms with E-state index in [9.17, 15) is 26.4 Å². The van der Waals surface area contributed by atoms with Gasteiger partial charge in [0.25, 0.3) is 0 Å². The summed E-state index contributed by atoms with van der Waals surface area (Å²) < 4.78 is 61.2. The molecule has 0 fully saturated rings. The predicted molar refractivity (Wildman–Crippen MR) is 135 cm³/mol. The smallest absolute Gasteiger partial charge is 0.298 e. The van der Waals surface area contributed by atoms with Crippen molar-refractivity contribution in [2.75, 3.05) is 11.8 Å². The van der Waals surface area contributed by atoms with Gasteiger partial charge < -0.3 is 0 Å². The molecule has 0 spiro atoms. The summed E-state index contributed by atoms with van der Waals surface area (Å²) in [5.41, 5.74) is 0.334. The summed E-state index contributed by atoms with van der Waals surface area (Å²) in [7, 11) is -3.82. The number of hydrogen-bond donors (Lipinski definition) is 3. The van der Waals surface area contributed by atoms with Gasteiger partial charge in [-0.05, 0) is 55.6 Å². The van der Waals surface area contributed by atoms with Crippen LogP contribution in [0.5, 0.6) is 0 Å². The molecule has 190 valence electrons. The van der Waals surface area contributed by atoms with E-state index in [1.54, 1.807) is 43.7 Å². The van der Waals surface area contributed by atoms with Gasteiger partial charge in [-0.15, -0.1) is 0 Å². The summed E-state index contributed by atoms with van der Waals surface area (Å²) >= 11 is 0. The highest BCUT2D eigenvalue weighted by Crippen LogP contribution is 2.26. The van der Waals surface area contributed by atoms with Crippen molar-refractivity contribution in [3.05, 3.63) is 89.7 Å². The number of hydrogen-bond acceptors (Lipinski definition) is 7. The fraction of sp³-hybridized carbons (Fsp3) is 0.0800. The van der Waals surface area contributed by atoms with E-state index in [-0.39, 0.29) is 5.69 Å². The average Bonchev–Trinajstić information content (AvgIpc) is 2.87. The minimum absolute atomic E-state index is 0.222. The maximum atomic E-state index is 12.5. The first-order valence-electron chi connectivity index (χ1n) is 10.5. The Labute approximate surface area is 210 Å². The number of rotatable bonds is 4. The highest BCUT2D eigenvalue weighted by atomic mass is 32.2. The Morgan fingerprint density at radius 3 is 2.08 bits per heavy atom. The summed E-state index contributed by atoms with van der Waals surface area (Å²) in [5, 5.41) is 0.668. The number of hydrazine groups is 1. The lowest BCUT2D eigenvalue weighted by Gasteiger charge is -2.10. The number of fused-ring (bicyclic) bond motifs is 1. The largest absolute Gasteiger partial charge is 0.516 e. The number of carbonyl (C=O) groups is 1. The molecule has 4 N–H and O–H groups in total. The van der Waals surface area contributed by atoms with Gasteiger partial charge in [0.2, 0.25) is 0 Å². The molecule has 0 aliphatic rings. The quantitative estimate of drug-likeness (QED) is 0.159. The van der Waals surface area contributed by atoms with E-state index >= 15 is 0 Å². The number of aldehydes is 1. The molecule has 8 nitrogen and oxygen atoms in total. The second-order valence-electron chi connectivity index (χ2n) is 7.35. The summed E-state index contributed by atoms with van der Waals surface area (Å²) in [6.07, 6.45) is 3.95. The first-order valence-corrected chi connectivity index (χ1v) is 11.9. The summed E-state index contributed by atoms with van der Waals surface area (Å²) in [5.74, 6) is 10.4. The van der Waals surface area contributed by atoms with Gasteiger partial charge in [-0.2, -0.15) is 21.6 Å². The van der Waals surface area contributed by atoms with Gasteiger partial charge in [0, 0.05) is 45.7 Å². The van der Waals surface area contributed by atoms with Crippen LogP contribution in [0, 0.1) is 11.8 Å². The van der Waals surface area contributed by atoms with Crippen molar-refractivity contribution < 1.29 is 26.4 Å². The topological polar surface area (TPSA) is 127 Å². The van der Waals surface area contributed by atoms with Crippen LogP contribution in [0.4, 0.5) is 18.9 Å². The summed E-state index contributed by atoms with van der Waals surface area (Å²) in [6.45, 7) is 0. The third kappa shape index (κ3) is 6.89. The standard InChI is InChI=1S/C24H14F3N3O3S.CH6N2/c25-24(26,27)34(32,33)30-20-9-5-17(6-10-20)2-1-16-3-7-18(8-4-16)23-13-19(15-31)21-14-28-12-11-22(21)29-23;1-3-2/h3-15,30H;3H,2H2,1H3. The van der Waals surface area contributed by atoms with Gasteiger partial charge >= 0.3 is 15.5 Å². The van der Waals surface area contributed by atoms with Gasteiger partial charge in [-0.3, -0.25) is 25.8 Å². The molecule has 0 amide bonds. The fourth-order valence-electron chi connectivity index (χ4n) is 3.04. The predicted octanol–water partition coefficient (Wildman–Crippen LogP) is 3.85. The molecular formula is C25H20F3N5O3S. The monoisotopic (exact) mass is 527 g/mol. The Balaban J connectivity index is 0.00000121. The van der Waals surface area contributed by atoms with Crippen LogP contribution >= 0.6 is 0 Å². The molecule has 2 heterocycles. The number of nitrogens with one attached hydrogen (secondary N) is 2. The average molecular weight is 528 g/mol. The number of sulfonamides is 1. The summed E-state index contributed by atoms with van der Waals surface area (Å²) in [4.78, 5) is 20.0. The van der Waals surface area contributed by atoms with Crippen LogP contribution in [0.15, 0.2) is 73.1 Å². The van der Waals surface area contributed by atoms with Crippen molar-refractivity contribution in [2.24, 2.45) is 5.84 Å². The molecule has 12 heteroatoms. The van der Waals surface area contributed by atoms with Crippen molar-refractivity contribution in [2.45, 2.75) is 5.51 Å². The van der Waals surface area contributed by atoms with Crippen LogP contribution in [-0.4, -0.2) is 37.2 Å². The van der Waals surface area contributed by atoms with Crippen molar-refractivity contribution >= 4 is 32.9 Å². The highest BCUT2D eigenvalue weighted by Gasteiger charge is 2.45. The molecule has 37 heavy (non-hydrogen) atoms. The van der Waals surface area contributed by atoms with Gasteiger partial charge in [-0.25, -0.2) is 4.98 Å². The first kappa shape index (κ1) is 27.3. The molecule has 2 aromatic carbocycles. The minimum Gasteiger partial charge on any atom is -0.298 e. The number of carbonyl (C=O) groups excluding carboxylic acids is 1. The maximum Gasteiger partial charge on any atom is 0.516 e. The zero-order valence-electron chi connectivity index (χ0n) is 19.2. The lowest BCUT2D eigenvalue weighted by atomic mass is 10.0. The molecule has 0 saturated heterocycles. The van der Waals surface area contributed by atoms with Gasteiger partial charge in [0.05, 0.1) is 11.2 Å². The second-order valence-corrected chi connectivity index (χ2v) is 9.03. The third-order valence-corrected chi connectivity index (χ3v) is 5.86. The Kier molecular flexibility index (Phi) is 8.56. The van der Waals surface area contributed by atoms with Gasteiger partial charge in [0.1, 0.15) is 0 Å². The molecule has 0 atom stereocenters. The summed E-state index contributed by atoms with van der Waals surface area (Å²) in [6, 6.07) is 15.8. The van der Waals surface area contributed by atoms with E-state index < -0.39 is 15.5 Å². The fourth-order valence-corrected chi connectivity index (χ4v) is 3.60. The van der Waals surface area contributed by atoms with Crippen LogP contribution in [0.25, 0.3) is 22.2 Å². The van der Waals surface area contributed by atoms with Crippen LogP contribution in [0.3, 0.4) is 0 Å².